The summed E-state index contributed by atoms with van der Waals surface area (Å²) in [5, 5.41) is 20.9. The molecular formula is C15H24O6Si. The van der Waals surface area contributed by atoms with Crippen molar-refractivity contribution in [1.29, 1.82) is 0 Å². The average Bonchev–Trinajstić information content (AvgIpc) is 2.87. The molecule has 0 saturated carbocycles. The number of hydrogen-bond donors (Lipinski definition) is 2. The van der Waals surface area contributed by atoms with Crippen LogP contribution in [-0.2, 0) is 18.9 Å². The highest BCUT2D eigenvalue weighted by Gasteiger charge is 2.66. The summed E-state index contributed by atoms with van der Waals surface area (Å²) >= 11 is 0. The van der Waals surface area contributed by atoms with Gasteiger partial charge in [-0.2, -0.15) is 0 Å². The molecule has 0 bridgehead atoms. The second-order valence-corrected chi connectivity index (χ2v) is 12.4. The zero-order valence-corrected chi connectivity index (χ0v) is 14.6. The molecule has 3 aliphatic heterocycles. The average molecular weight is 328 g/mol. The van der Waals surface area contributed by atoms with Crippen LogP contribution in [0.25, 0.3) is 0 Å². The predicted octanol–water partition coefficient (Wildman–Crippen LogP) is 0.582. The molecule has 0 radical (unpaired) electrons. The minimum absolute atomic E-state index is 0.0520. The Balaban J connectivity index is 1.72. The van der Waals surface area contributed by atoms with Crippen LogP contribution in [0.2, 0.25) is 19.6 Å². The summed E-state index contributed by atoms with van der Waals surface area (Å²) in [6.45, 7) is 9.93. The lowest BCUT2D eigenvalue weighted by molar-refractivity contribution is -0.242. The normalized spacial score (nSPS) is 46.0. The molecule has 1 unspecified atom stereocenters. The summed E-state index contributed by atoms with van der Waals surface area (Å²) in [5.41, 5.74) is 3.16. The fourth-order valence-corrected chi connectivity index (χ4v) is 3.66. The Morgan fingerprint density at radius 1 is 1.05 bits per heavy atom. The van der Waals surface area contributed by atoms with Crippen molar-refractivity contribution in [3.05, 3.63) is 0 Å². The van der Waals surface area contributed by atoms with Crippen LogP contribution < -0.4 is 0 Å². The summed E-state index contributed by atoms with van der Waals surface area (Å²) in [6.07, 6.45) is -3.36. The molecule has 0 spiro atoms. The fourth-order valence-electron chi connectivity index (χ4n) is 3.04. The number of rotatable bonds is 1. The van der Waals surface area contributed by atoms with E-state index in [1.54, 1.807) is 13.8 Å². The number of aliphatic hydroxyl groups excluding tert-OH is 1. The topological polar surface area (TPSA) is 77.4 Å². The van der Waals surface area contributed by atoms with Gasteiger partial charge in [0, 0.05) is 0 Å². The SMILES string of the molecule is CC1(C)O[C@H]2O[C@H]3[C@H](OC(O)(CC#C[Si](C)(C)C)[C@H]3O)[C@H]2O1. The van der Waals surface area contributed by atoms with Crippen molar-refractivity contribution < 1.29 is 29.2 Å². The van der Waals surface area contributed by atoms with Gasteiger partial charge >= 0.3 is 0 Å². The Hall–Kier alpha value is -0.463. The van der Waals surface area contributed by atoms with E-state index in [0.717, 1.165) is 0 Å². The number of aliphatic hydroxyl groups is 2. The lowest BCUT2D eigenvalue weighted by atomic mass is 10.0. The smallest absolute Gasteiger partial charge is 0.206 e. The van der Waals surface area contributed by atoms with Gasteiger partial charge in [0.2, 0.25) is 5.79 Å². The van der Waals surface area contributed by atoms with Gasteiger partial charge in [-0.3, -0.25) is 0 Å². The van der Waals surface area contributed by atoms with Gasteiger partial charge in [-0.15, -0.1) is 11.5 Å². The van der Waals surface area contributed by atoms with Crippen LogP contribution >= 0.6 is 0 Å². The summed E-state index contributed by atoms with van der Waals surface area (Å²) in [7, 11) is -1.54. The summed E-state index contributed by atoms with van der Waals surface area (Å²) in [6, 6.07) is 0. The van der Waals surface area contributed by atoms with Crippen LogP contribution in [0.15, 0.2) is 0 Å². The molecule has 3 aliphatic rings. The summed E-state index contributed by atoms with van der Waals surface area (Å²) < 4.78 is 22.7. The Bertz CT molecular complexity index is 518. The second kappa shape index (κ2) is 5.01. The van der Waals surface area contributed by atoms with Gasteiger partial charge in [0.05, 0.1) is 6.42 Å². The third-order valence-corrected chi connectivity index (χ3v) is 4.87. The molecule has 22 heavy (non-hydrogen) atoms. The largest absolute Gasteiger partial charge is 0.385 e. The van der Waals surface area contributed by atoms with E-state index in [1.807, 2.05) is 0 Å². The fraction of sp³-hybridized carbons (Fsp3) is 0.867. The molecule has 0 aromatic carbocycles. The van der Waals surface area contributed by atoms with Crippen molar-refractivity contribution in [3.63, 3.8) is 0 Å². The highest BCUT2D eigenvalue weighted by Crippen LogP contribution is 2.46. The van der Waals surface area contributed by atoms with E-state index in [2.05, 4.69) is 31.1 Å². The first-order valence-corrected chi connectivity index (χ1v) is 11.1. The van der Waals surface area contributed by atoms with Crippen LogP contribution in [0.4, 0.5) is 0 Å². The highest BCUT2D eigenvalue weighted by molar-refractivity contribution is 6.83. The van der Waals surface area contributed by atoms with E-state index >= 15 is 0 Å². The minimum Gasteiger partial charge on any atom is -0.385 e. The van der Waals surface area contributed by atoms with Gasteiger partial charge < -0.3 is 29.2 Å². The van der Waals surface area contributed by atoms with Crippen LogP contribution in [0.1, 0.15) is 20.3 Å². The molecule has 3 saturated heterocycles. The number of ether oxygens (including phenoxy) is 4. The van der Waals surface area contributed by atoms with Crippen LogP contribution in [0, 0.1) is 11.5 Å². The van der Waals surface area contributed by atoms with Crippen LogP contribution in [0.3, 0.4) is 0 Å². The molecular weight excluding hydrogens is 304 g/mol. The molecule has 3 fully saturated rings. The first kappa shape index (κ1) is 16.4. The van der Waals surface area contributed by atoms with Crippen molar-refractivity contribution in [3.8, 4) is 11.5 Å². The maximum atomic E-state index is 10.6. The Morgan fingerprint density at radius 3 is 2.36 bits per heavy atom. The maximum Gasteiger partial charge on any atom is 0.206 e. The molecule has 7 heteroatoms. The molecule has 6 nitrogen and oxygen atoms in total. The zero-order valence-electron chi connectivity index (χ0n) is 13.6. The van der Waals surface area contributed by atoms with Gasteiger partial charge in [-0.1, -0.05) is 19.6 Å². The van der Waals surface area contributed by atoms with Gasteiger partial charge in [0.15, 0.2) is 12.1 Å². The predicted molar refractivity (Wildman–Crippen MR) is 80.3 cm³/mol. The van der Waals surface area contributed by atoms with Crippen molar-refractivity contribution in [1.82, 2.24) is 0 Å². The van der Waals surface area contributed by atoms with E-state index in [1.165, 1.54) is 0 Å². The minimum atomic E-state index is -1.72. The second-order valence-electron chi connectivity index (χ2n) is 7.67. The lowest BCUT2D eigenvalue weighted by Crippen LogP contribution is -2.44. The van der Waals surface area contributed by atoms with Crippen molar-refractivity contribution in [2.45, 2.75) is 82.2 Å². The van der Waals surface area contributed by atoms with Crippen molar-refractivity contribution in [2.24, 2.45) is 0 Å². The van der Waals surface area contributed by atoms with E-state index in [0.29, 0.717) is 0 Å². The van der Waals surface area contributed by atoms with E-state index < -0.39 is 50.4 Å². The summed E-state index contributed by atoms with van der Waals surface area (Å²) in [5.74, 6) is 0.476. The molecule has 0 aromatic heterocycles. The molecule has 0 amide bonds. The number of hydrogen-bond acceptors (Lipinski definition) is 6. The van der Waals surface area contributed by atoms with E-state index in [-0.39, 0.29) is 6.42 Å². The standard InChI is InChI=1S/C15H24O6Si/c1-14(2)19-11-9-10(18-13(11)21-14)12(16)15(17,20-9)7-6-8-22(3,4)5/h9-13,16-17H,7H2,1-5H3/t9-,10-,11+,12-,13+,15?/m0/s1. The first-order valence-electron chi connectivity index (χ1n) is 7.60. The molecule has 3 rings (SSSR count). The molecule has 124 valence electrons. The highest BCUT2D eigenvalue weighted by atomic mass is 28.3. The molecule has 2 N–H and O–H groups in total. The molecule has 6 atom stereocenters. The van der Waals surface area contributed by atoms with Crippen LogP contribution in [0.5, 0.6) is 0 Å². The Morgan fingerprint density at radius 2 is 1.73 bits per heavy atom. The Labute approximate surface area is 131 Å². The maximum absolute atomic E-state index is 10.6. The third kappa shape index (κ3) is 2.85. The van der Waals surface area contributed by atoms with Crippen molar-refractivity contribution >= 4 is 8.07 Å². The molecule has 3 heterocycles. The van der Waals surface area contributed by atoms with E-state index in [9.17, 15) is 10.2 Å². The summed E-state index contributed by atoms with van der Waals surface area (Å²) in [4.78, 5) is 0. The van der Waals surface area contributed by atoms with Gasteiger partial charge in [-0.25, -0.2) is 0 Å². The quantitative estimate of drug-likeness (QED) is 0.542. The molecule has 0 aliphatic carbocycles. The Kier molecular flexibility index (Phi) is 3.74. The zero-order chi connectivity index (χ0) is 16.3. The van der Waals surface area contributed by atoms with Crippen LogP contribution in [-0.4, -0.2) is 60.6 Å². The van der Waals surface area contributed by atoms with Gasteiger partial charge in [0.1, 0.15) is 32.5 Å². The van der Waals surface area contributed by atoms with Gasteiger partial charge in [-0.05, 0) is 13.8 Å². The van der Waals surface area contributed by atoms with E-state index in [4.69, 9.17) is 18.9 Å². The van der Waals surface area contributed by atoms with Crippen molar-refractivity contribution in [2.75, 3.05) is 0 Å². The third-order valence-electron chi connectivity index (χ3n) is 3.95. The molecule has 0 aromatic rings. The first-order chi connectivity index (χ1) is 10.0. The number of fused-ring (bicyclic) bond motifs is 3. The lowest BCUT2D eigenvalue weighted by Gasteiger charge is -2.26. The monoisotopic (exact) mass is 328 g/mol. The van der Waals surface area contributed by atoms with Gasteiger partial charge in [0.25, 0.3) is 0 Å².